The predicted octanol–water partition coefficient (Wildman–Crippen LogP) is 12.0. The zero-order valence-corrected chi connectivity index (χ0v) is 30.4. The van der Waals surface area contributed by atoms with Crippen LogP contribution in [-0.4, -0.2) is 13.1 Å². The van der Waals surface area contributed by atoms with Crippen LogP contribution in [0.4, 0.5) is 17.1 Å². The lowest BCUT2D eigenvalue weighted by Gasteiger charge is -2.26. The summed E-state index contributed by atoms with van der Waals surface area (Å²) in [4.78, 5) is 6.86. The first-order valence-electron chi connectivity index (χ1n) is 17.9. The SMILES string of the molecule is C[Si]1(C)c2cnccc2-c2cccc(-c3cccc(-c4ccc(N(c5ccc(-c6ccccc6)cc5)c5ccc(-c6ccccc6)cc5)cc4)c3)c21. The maximum absolute atomic E-state index is 4.51. The quantitative estimate of drug-likeness (QED) is 0.156. The fourth-order valence-corrected chi connectivity index (χ4v) is 11.3. The zero-order chi connectivity index (χ0) is 35.1. The van der Waals surface area contributed by atoms with Gasteiger partial charge in [-0.1, -0.05) is 147 Å². The van der Waals surface area contributed by atoms with Crippen molar-refractivity contribution in [3.8, 4) is 55.6 Å². The van der Waals surface area contributed by atoms with Crippen LogP contribution in [0.2, 0.25) is 13.1 Å². The summed E-state index contributed by atoms with van der Waals surface area (Å²) in [6.45, 7) is 4.92. The maximum atomic E-state index is 4.51. The van der Waals surface area contributed by atoms with Crippen molar-refractivity contribution in [2.75, 3.05) is 4.90 Å². The van der Waals surface area contributed by atoms with Crippen LogP contribution < -0.4 is 15.3 Å². The number of hydrogen-bond acceptors (Lipinski definition) is 2. The summed E-state index contributed by atoms with van der Waals surface area (Å²) in [7, 11) is -1.90. The van der Waals surface area contributed by atoms with E-state index in [2.05, 4.69) is 211 Å². The number of anilines is 3. The molecule has 0 fully saturated rings. The molecule has 1 aliphatic heterocycles. The lowest BCUT2D eigenvalue weighted by molar-refractivity contribution is 1.28. The number of fused-ring (bicyclic) bond motifs is 3. The van der Waals surface area contributed by atoms with Gasteiger partial charge in [-0.15, -0.1) is 0 Å². The highest BCUT2D eigenvalue weighted by atomic mass is 28.3. The molecule has 7 aromatic carbocycles. The second kappa shape index (κ2) is 13.1. The van der Waals surface area contributed by atoms with Crippen LogP contribution in [0.25, 0.3) is 55.6 Å². The van der Waals surface area contributed by atoms with Gasteiger partial charge in [-0.2, -0.15) is 0 Å². The van der Waals surface area contributed by atoms with Gasteiger partial charge in [0.05, 0.1) is 0 Å². The molecule has 1 aromatic heterocycles. The highest BCUT2D eigenvalue weighted by Gasteiger charge is 2.39. The molecular weight excluding hydrogens is 645 g/mol. The van der Waals surface area contributed by atoms with Gasteiger partial charge in [0.15, 0.2) is 0 Å². The molecule has 52 heavy (non-hydrogen) atoms. The summed E-state index contributed by atoms with van der Waals surface area (Å²) in [5, 5.41) is 2.94. The number of hydrogen-bond donors (Lipinski definition) is 0. The van der Waals surface area contributed by atoms with Crippen molar-refractivity contribution >= 4 is 35.5 Å². The van der Waals surface area contributed by atoms with E-state index in [-0.39, 0.29) is 0 Å². The Morgan fingerprint density at radius 3 is 1.38 bits per heavy atom. The molecule has 9 rings (SSSR count). The molecule has 1 aliphatic rings. The minimum Gasteiger partial charge on any atom is -0.311 e. The first-order chi connectivity index (χ1) is 25.5. The maximum Gasteiger partial charge on any atom is 0.116 e. The predicted molar refractivity (Wildman–Crippen MR) is 223 cm³/mol. The summed E-state index contributed by atoms with van der Waals surface area (Å²) < 4.78 is 0. The first kappa shape index (κ1) is 31.7. The van der Waals surface area contributed by atoms with E-state index in [0.717, 1.165) is 17.1 Å². The highest BCUT2D eigenvalue weighted by molar-refractivity contribution is 7.04. The Kier molecular flexibility index (Phi) is 7.99. The van der Waals surface area contributed by atoms with E-state index in [1.165, 1.54) is 66.0 Å². The molecule has 248 valence electrons. The monoisotopic (exact) mass is 682 g/mol. The molecule has 0 N–H and O–H groups in total. The van der Waals surface area contributed by atoms with Crippen molar-refractivity contribution in [2.24, 2.45) is 0 Å². The summed E-state index contributed by atoms with van der Waals surface area (Å²) >= 11 is 0. The van der Waals surface area contributed by atoms with Gasteiger partial charge < -0.3 is 4.90 Å². The molecule has 0 saturated carbocycles. The second-order valence-electron chi connectivity index (χ2n) is 14.1. The number of nitrogens with zero attached hydrogens (tertiary/aromatic N) is 2. The standard InChI is InChI=1S/C49H38N2Si/c1-52(2)48-34-50-32-31-46(48)47-18-10-17-45(49(47)52)41-16-9-15-40(33-41)39-23-29-44(30-24-39)51(42-25-19-37(20-26-42)35-11-5-3-6-12-35)43-27-21-38(22-28-43)36-13-7-4-8-14-36/h3-34H,1-2H3. The van der Waals surface area contributed by atoms with Gasteiger partial charge in [0, 0.05) is 29.5 Å². The summed E-state index contributed by atoms with van der Waals surface area (Å²) in [6, 6.07) is 65.9. The summed E-state index contributed by atoms with van der Waals surface area (Å²) in [5.41, 5.74) is 15.9. The molecule has 0 bridgehead atoms. The van der Waals surface area contributed by atoms with Crippen LogP contribution >= 0.6 is 0 Å². The fraction of sp³-hybridized carbons (Fsp3) is 0.0408. The van der Waals surface area contributed by atoms with Crippen molar-refractivity contribution in [2.45, 2.75) is 13.1 Å². The van der Waals surface area contributed by atoms with Crippen LogP contribution in [0.15, 0.2) is 194 Å². The van der Waals surface area contributed by atoms with Crippen LogP contribution in [0.3, 0.4) is 0 Å². The van der Waals surface area contributed by atoms with E-state index in [9.17, 15) is 0 Å². The largest absolute Gasteiger partial charge is 0.311 e. The third-order valence-electron chi connectivity index (χ3n) is 10.6. The van der Waals surface area contributed by atoms with Crippen molar-refractivity contribution in [3.63, 3.8) is 0 Å². The minimum absolute atomic E-state index is 1.11. The molecule has 2 nitrogen and oxygen atoms in total. The van der Waals surface area contributed by atoms with Gasteiger partial charge >= 0.3 is 0 Å². The molecule has 0 saturated heterocycles. The Hall–Kier alpha value is -6.29. The van der Waals surface area contributed by atoms with Gasteiger partial charge in [0.2, 0.25) is 0 Å². The summed E-state index contributed by atoms with van der Waals surface area (Å²) in [6.07, 6.45) is 4.03. The van der Waals surface area contributed by atoms with E-state index >= 15 is 0 Å². The average molecular weight is 683 g/mol. The van der Waals surface area contributed by atoms with Gasteiger partial charge in [0.1, 0.15) is 8.07 Å². The van der Waals surface area contributed by atoms with Crippen molar-refractivity contribution < 1.29 is 0 Å². The number of rotatable bonds is 7. The van der Waals surface area contributed by atoms with E-state index in [4.69, 9.17) is 0 Å². The molecule has 3 heteroatoms. The number of pyridine rings is 1. The topological polar surface area (TPSA) is 16.1 Å². The van der Waals surface area contributed by atoms with E-state index in [1.54, 1.807) is 0 Å². The Morgan fingerprint density at radius 1 is 0.385 bits per heavy atom. The van der Waals surface area contributed by atoms with Crippen molar-refractivity contribution in [3.05, 3.63) is 194 Å². The van der Waals surface area contributed by atoms with Gasteiger partial charge in [-0.25, -0.2) is 0 Å². The smallest absolute Gasteiger partial charge is 0.116 e. The van der Waals surface area contributed by atoms with Gasteiger partial charge in [-0.05, 0) is 115 Å². The lowest BCUT2D eigenvalue weighted by Crippen LogP contribution is -2.50. The first-order valence-corrected chi connectivity index (χ1v) is 20.9. The van der Waals surface area contributed by atoms with Crippen molar-refractivity contribution in [1.82, 2.24) is 4.98 Å². The molecule has 0 aliphatic carbocycles. The Balaban J connectivity index is 1.07. The third-order valence-corrected chi connectivity index (χ3v) is 14.1. The molecule has 0 radical (unpaired) electrons. The molecule has 0 unspecified atom stereocenters. The van der Waals surface area contributed by atoms with Crippen LogP contribution in [0, 0.1) is 0 Å². The van der Waals surface area contributed by atoms with Crippen LogP contribution in [0.1, 0.15) is 0 Å². The number of aromatic nitrogens is 1. The zero-order valence-electron chi connectivity index (χ0n) is 29.4. The second-order valence-corrected chi connectivity index (χ2v) is 18.4. The van der Waals surface area contributed by atoms with E-state index in [0.29, 0.717) is 0 Å². The van der Waals surface area contributed by atoms with Gasteiger partial charge in [0.25, 0.3) is 0 Å². The Morgan fingerprint density at radius 2 is 0.827 bits per heavy atom. The fourth-order valence-electron chi connectivity index (χ4n) is 7.94. The van der Waals surface area contributed by atoms with E-state index < -0.39 is 8.07 Å². The molecule has 2 heterocycles. The van der Waals surface area contributed by atoms with Crippen LogP contribution in [0.5, 0.6) is 0 Å². The highest BCUT2D eigenvalue weighted by Crippen LogP contribution is 2.39. The summed E-state index contributed by atoms with van der Waals surface area (Å²) in [5.74, 6) is 0. The third kappa shape index (κ3) is 5.66. The Labute approximate surface area is 307 Å². The molecule has 0 atom stereocenters. The Bertz CT molecular complexity index is 2420. The molecule has 0 spiro atoms. The van der Waals surface area contributed by atoms with Crippen molar-refractivity contribution in [1.29, 1.82) is 0 Å². The normalized spacial score (nSPS) is 12.6. The molecular formula is C49H38N2Si. The molecule has 8 aromatic rings. The average Bonchev–Trinajstić information content (AvgIpc) is 3.45. The molecule has 0 amide bonds. The van der Waals surface area contributed by atoms with Gasteiger partial charge in [-0.3, -0.25) is 4.98 Å². The lowest BCUT2D eigenvalue weighted by atomic mass is 9.96. The van der Waals surface area contributed by atoms with E-state index in [1.807, 2.05) is 6.20 Å². The van der Waals surface area contributed by atoms with Crippen LogP contribution in [-0.2, 0) is 0 Å². The minimum atomic E-state index is -1.90. The number of benzene rings is 7.